The smallest absolute Gasteiger partial charge is 0.419 e. The van der Waals surface area contributed by atoms with Crippen molar-refractivity contribution in [2.75, 3.05) is 33.1 Å². The molecule has 2 aliphatic rings. The lowest BCUT2D eigenvalue weighted by atomic mass is 9.59. The number of halogens is 2. The van der Waals surface area contributed by atoms with Gasteiger partial charge in [0, 0.05) is 55.3 Å². The molecule has 1 aliphatic heterocycles. The minimum atomic E-state index is -2.63. The number of piperidine rings is 1. The summed E-state index contributed by atoms with van der Waals surface area (Å²) in [6.07, 6.45) is 2.25. The molecule has 0 amide bonds. The molecule has 1 aliphatic carbocycles. The third-order valence-corrected chi connectivity index (χ3v) is 8.77. The van der Waals surface area contributed by atoms with Crippen molar-refractivity contribution in [2.24, 2.45) is 5.41 Å². The van der Waals surface area contributed by atoms with E-state index in [1.54, 1.807) is 32.5 Å². The number of esters is 1. The molecule has 10 heteroatoms. The average Bonchev–Trinajstić information content (AvgIpc) is 3.39. The summed E-state index contributed by atoms with van der Waals surface area (Å²) < 4.78 is 46.4. The van der Waals surface area contributed by atoms with Gasteiger partial charge in [-0.1, -0.05) is 6.07 Å². The van der Waals surface area contributed by atoms with Crippen molar-refractivity contribution in [3.63, 3.8) is 0 Å². The molecule has 2 aromatic carbocycles. The number of anilines is 1. The average molecular weight is 598 g/mol. The number of ether oxygens (including phenoxy) is 3. The van der Waals surface area contributed by atoms with Gasteiger partial charge >= 0.3 is 12.1 Å². The van der Waals surface area contributed by atoms with Crippen LogP contribution < -0.4 is 10.1 Å². The highest BCUT2D eigenvalue weighted by molar-refractivity contribution is 5.95. The van der Waals surface area contributed by atoms with E-state index in [4.69, 9.17) is 14.2 Å². The van der Waals surface area contributed by atoms with Gasteiger partial charge < -0.3 is 19.5 Å². The Bertz CT molecular complexity index is 1550. The van der Waals surface area contributed by atoms with E-state index in [0.29, 0.717) is 37.2 Å². The lowest BCUT2D eigenvalue weighted by molar-refractivity contribution is -0.186. The molecule has 5 rings (SSSR count). The first-order valence-corrected chi connectivity index (χ1v) is 14.6. The number of rotatable bonds is 6. The monoisotopic (exact) mass is 597 g/mol. The minimum absolute atomic E-state index is 0.115. The van der Waals surface area contributed by atoms with Gasteiger partial charge in [-0.2, -0.15) is 0 Å². The lowest BCUT2D eigenvalue weighted by Crippen LogP contribution is -2.53. The third-order valence-electron chi connectivity index (χ3n) is 8.77. The van der Waals surface area contributed by atoms with E-state index in [0.717, 1.165) is 33.3 Å². The third kappa shape index (κ3) is 5.94. The van der Waals surface area contributed by atoms with Crippen LogP contribution in [0.2, 0.25) is 0 Å². The molecule has 1 atom stereocenters. The van der Waals surface area contributed by atoms with Crippen molar-refractivity contribution in [3.8, 4) is 5.75 Å². The normalized spacial score (nSPS) is 19.6. The van der Waals surface area contributed by atoms with Crippen molar-refractivity contribution in [3.05, 3.63) is 58.8 Å². The number of nitrogens with zero attached hydrogens (tertiary/aromatic N) is 2. The fourth-order valence-electron chi connectivity index (χ4n) is 6.92. The Kier molecular flexibility index (Phi) is 7.96. The van der Waals surface area contributed by atoms with E-state index < -0.39 is 29.0 Å². The maximum atomic E-state index is 14.2. The molecule has 2 fully saturated rings. The maximum absolute atomic E-state index is 14.2. The maximum Gasteiger partial charge on any atom is 0.419 e. The van der Waals surface area contributed by atoms with Crippen molar-refractivity contribution in [2.45, 2.75) is 77.5 Å². The first kappa shape index (κ1) is 30.8. The summed E-state index contributed by atoms with van der Waals surface area (Å²) in [6.45, 7) is 8.50. The topological polar surface area (TPSA) is 82.0 Å². The van der Waals surface area contributed by atoms with Crippen LogP contribution in [0.25, 0.3) is 10.9 Å². The molecule has 232 valence electrons. The van der Waals surface area contributed by atoms with E-state index in [9.17, 15) is 18.4 Å². The summed E-state index contributed by atoms with van der Waals surface area (Å²) in [6, 6.07) is 9.00. The molecular weight excluding hydrogens is 556 g/mol. The first-order chi connectivity index (χ1) is 20.2. The van der Waals surface area contributed by atoms with E-state index in [-0.39, 0.29) is 18.9 Å². The standard InChI is InChI=1S/C33H41F2N3O5/c1-20-14-27(41-6)24(22-10-12-38(28(20)22)30(40)43-31(2,3)4)17-37-13-11-32(18-33(34,35)19-32)16-26(37)23-9-8-21(29(39)42-7)15-25(23)36-5/h8-10,12,14-15,26,36H,11,13,16-19H2,1-7H3. The van der Waals surface area contributed by atoms with Crippen LogP contribution in [0.1, 0.15) is 79.5 Å². The van der Waals surface area contributed by atoms with Crippen molar-refractivity contribution in [1.29, 1.82) is 0 Å². The Morgan fingerprint density at radius 2 is 1.84 bits per heavy atom. The van der Waals surface area contributed by atoms with E-state index >= 15 is 0 Å². The van der Waals surface area contributed by atoms with Crippen LogP contribution in [0.15, 0.2) is 36.5 Å². The van der Waals surface area contributed by atoms with Crippen LogP contribution in [-0.4, -0.2) is 60.9 Å². The molecule has 2 heterocycles. The SMILES string of the molecule is CNc1cc(C(=O)OC)ccc1C1CC2(CCN1Cc1c(OC)cc(C)c3c1ccn3C(=O)OC(C)(C)C)CC(F)(F)C2. The van der Waals surface area contributed by atoms with Gasteiger partial charge in [0.1, 0.15) is 11.4 Å². The number of hydrogen-bond acceptors (Lipinski definition) is 7. The predicted molar refractivity (Wildman–Crippen MR) is 161 cm³/mol. The summed E-state index contributed by atoms with van der Waals surface area (Å²) >= 11 is 0. The second kappa shape index (κ2) is 11.1. The second-order valence-corrected chi connectivity index (χ2v) is 13.0. The molecule has 0 bridgehead atoms. The van der Waals surface area contributed by atoms with Crippen LogP contribution >= 0.6 is 0 Å². The molecule has 1 unspecified atom stereocenters. The van der Waals surface area contributed by atoms with E-state index in [1.807, 2.05) is 45.9 Å². The highest BCUT2D eigenvalue weighted by Gasteiger charge is 2.58. The second-order valence-electron chi connectivity index (χ2n) is 13.0. The minimum Gasteiger partial charge on any atom is -0.496 e. The zero-order valence-electron chi connectivity index (χ0n) is 26.0. The molecule has 43 heavy (non-hydrogen) atoms. The number of methoxy groups -OCH3 is 2. The van der Waals surface area contributed by atoms with E-state index in [1.165, 1.54) is 11.7 Å². The number of carbonyl (C=O) groups is 2. The van der Waals surface area contributed by atoms with Crippen LogP contribution in [0.5, 0.6) is 5.75 Å². The van der Waals surface area contributed by atoms with Crippen molar-refractivity contribution in [1.82, 2.24) is 9.47 Å². The fraction of sp³-hybridized carbons (Fsp3) is 0.515. The Hall–Kier alpha value is -3.66. The number of benzene rings is 2. The van der Waals surface area contributed by atoms with Crippen LogP contribution in [0, 0.1) is 12.3 Å². The number of aromatic nitrogens is 1. The molecule has 1 saturated heterocycles. The molecule has 3 aromatic rings. The quantitative estimate of drug-likeness (QED) is 0.298. The summed E-state index contributed by atoms with van der Waals surface area (Å²) in [4.78, 5) is 27.7. The number of likely N-dealkylation sites (tertiary alicyclic amines) is 1. The Balaban J connectivity index is 1.57. The van der Waals surface area contributed by atoms with Crippen LogP contribution in [-0.2, 0) is 16.0 Å². The van der Waals surface area contributed by atoms with Crippen LogP contribution in [0.3, 0.4) is 0 Å². The molecule has 1 spiro atoms. The molecule has 1 aromatic heterocycles. The number of fused-ring (bicyclic) bond motifs is 1. The van der Waals surface area contributed by atoms with Gasteiger partial charge in [0.2, 0.25) is 5.92 Å². The number of hydrogen-bond donors (Lipinski definition) is 1. The molecule has 0 radical (unpaired) electrons. The largest absolute Gasteiger partial charge is 0.496 e. The van der Waals surface area contributed by atoms with Crippen molar-refractivity contribution >= 4 is 28.7 Å². The van der Waals surface area contributed by atoms with E-state index in [2.05, 4.69) is 10.2 Å². The molecule has 1 saturated carbocycles. The highest BCUT2D eigenvalue weighted by Crippen LogP contribution is 2.61. The Morgan fingerprint density at radius 3 is 2.44 bits per heavy atom. The van der Waals surface area contributed by atoms with Gasteiger partial charge in [-0.05, 0) is 87.9 Å². The first-order valence-electron chi connectivity index (χ1n) is 14.6. The molecular formula is C33H41F2N3O5. The summed E-state index contributed by atoms with van der Waals surface area (Å²) in [7, 11) is 4.75. The van der Waals surface area contributed by atoms with Gasteiger partial charge in [0.15, 0.2) is 0 Å². The summed E-state index contributed by atoms with van der Waals surface area (Å²) in [5, 5.41) is 4.08. The molecule has 1 N–H and O–H groups in total. The summed E-state index contributed by atoms with van der Waals surface area (Å²) in [5.41, 5.74) is 3.51. The van der Waals surface area contributed by atoms with Crippen molar-refractivity contribution < 1.29 is 32.6 Å². The van der Waals surface area contributed by atoms with Gasteiger partial charge in [-0.3, -0.25) is 9.47 Å². The zero-order chi connectivity index (χ0) is 31.3. The molecule has 8 nitrogen and oxygen atoms in total. The number of nitrogens with one attached hydrogen (secondary N) is 1. The number of alkyl halides is 2. The lowest BCUT2D eigenvalue weighted by Gasteiger charge is -2.55. The van der Waals surface area contributed by atoms with Gasteiger partial charge in [-0.15, -0.1) is 0 Å². The number of carbonyl (C=O) groups excluding carboxylic acids is 2. The zero-order valence-corrected chi connectivity index (χ0v) is 26.0. The predicted octanol–water partition coefficient (Wildman–Crippen LogP) is 7.32. The van der Waals surface area contributed by atoms with Gasteiger partial charge in [0.05, 0.1) is 25.3 Å². The number of aryl methyl sites for hydroxylation is 1. The highest BCUT2D eigenvalue weighted by atomic mass is 19.3. The van der Waals surface area contributed by atoms with Crippen LogP contribution in [0.4, 0.5) is 19.3 Å². The Morgan fingerprint density at radius 1 is 1.12 bits per heavy atom. The summed E-state index contributed by atoms with van der Waals surface area (Å²) in [5.74, 6) is -2.39. The Labute approximate surface area is 251 Å². The van der Waals surface area contributed by atoms with Gasteiger partial charge in [-0.25, -0.2) is 18.4 Å². The van der Waals surface area contributed by atoms with Gasteiger partial charge in [0.25, 0.3) is 0 Å². The fourth-order valence-corrected chi connectivity index (χ4v) is 6.92.